The number of anilines is 1. The van der Waals surface area contributed by atoms with Crippen molar-refractivity contribution in [1.29, 1.82) is 0 Å². The van der Waals surface area contributed by atoms with Crippen LogP contribution in [0.1, 0.15) is 61.5 Å². The SMILES string of the molecule is O=C(CC1CC1)Nc1ccc2c(c1)nc(CN1CCC(c3cccc(OCc4ccc(Cl)cc4F)n3)CC1)n2C[C@@H]1CCO1. The van der Waals surface area contributed by atoms with E-state index in [1.807, 2.05) is 24.3 Å². The lowest BCUT2D eigenvalue weighted by Crippen LogP contribution is -2.35. The molecule has 3 aliphatic rings. The van der Waals surface area contributed by atoms with Gasteiger partial charge in [-0.15, -0.1) is 0 Å². The van der Waals surface area contributed by atoms with Crippen LogP contribution >= 0.6 is 11.6 Å². The Balaban J connectivity index is 0.994. The number of ether oxygens (including phenoxy) is 2. The number of rotatable bonds is 11. The molecule has 0 bridgehead atoms. The minimum atomic E-state index is -0.383. The van der Waals surface area contributed by atoms with Crippen molar-refractivity contribution in [3.63, 3.8) is 0 Å². The molecule has 2 aromatic carbocycles. The number of imidazole rings is 1. The van der Waals surface area contributed by atoms with Crippen molar-refractivity contribution >= 4 is 34.2 Å². The molecule has 0 radical (unpaired) electrons. The molecule has 8 nitrogen and oxygen atoms in total. The third-order valence-electron chi connectivity index (χ3n) is 8.97. The Kier molecular flexibility index (Phi) is 8.51. The minimum absolute atomic E-state index is 0.0827. The molecule has 1 N–H and O–H groups in total. The van der Waals surface area contributed by atoms with Crippen LogP contribution in [0.15, 0.2) is 54.6 Å². The van der Waals surface area contributed by atoms with E-state index in [9.17, 15) is 9.18 Å². The number of pyridine rings is 1. The highest BCUT2D eigenvalue weighted by Crippen LogP contribution is 2.33. The first kappa shape index (κ1) is 29.2. The Morgan fingerprint density at radius 3 is 2.64 bits per heavy atom. The smallest absolute Gasteiger partial charge is 0.224 e. The van der Waals surface area contributed by atoms with Gasteiger partial charge in [-0.2, -0.15) is 0 Å². The number of carbonyl (C=O) groups is 1. The number of halogens is 2. The average Bonchev–Trinajstić information content (AvgIpc) is 3.74. The molecule has 1 atom stereocenters. The van der Waals surface area contributed by atoms with Crippen LogP contribution in [0, 0.1) is 11.7 Å². The number of likely N-dealkylation sites (tertiary alicyclic amines) is 1. The van der Waals surface area contributed by atoms with E-state index in [4.69, 9.17) is 31.0 Å². The molecule has 7 rings (SSSR count). The summed E-state index contributed by atoms with van der Waals surface area (Å²) in [6.07, 6.45) is 6.15. The zero-order chi connectivity index (χ0) is 30.0. The summed E-state index contributed by atoms with van der Waals surface area (Å²) >= 11 is 5.87. The Bertz CT molecular complexity index is 1650. The lowest BCUT2D eigenvalue weighted by Gasteiger charge is -2.32. The van der Waals surface area contributed by atoms with E-state index >= 15 is 0 Å². The first-order chi connectivity index (χ1) is 21.5. The molecule has 2 saturated heterocycles. The van der Waals surface area contributed by atoms with Gasteiger partial charge in [-0.25, -0.2) is 14.4 Å². The maximum absolute atomic E-state index is 14.2. The number of fused-ring (bicyclic) bond motifs is 1. The fraction of sp³-hybridized carbons (Fsp3) is 0.441. The van der Waals surface area contributed by atoms with Crippen molar-refractivity contribution in [2.45, 2.75) is 70.2 Å². The van der Waals surface area contributed by atoms with Crippen LogP contribution in [0.3, 0.4) is 0 Å². The van der Waals surface area contributed by atoms with E-state index in [0.717, 1.165) is 93.1 Å². The second kappa shape index (κ2) is 12.8. The third-order valence-corrected chi connectivity index (χ3v) is 9.20. The summed E-state index contributed by atoms with van der Waals surface area (Å²) in [5.74, 6) is 2.10. The van der Waals surface area contributed by atoms with E-state index in [0.29, 0.717) is 34.7 Å². The number of benzene rings is 2. The predicted molar refractivity (Wildman–Crippen MR) is 167 cm³/mol. The van der Waals surface area contributed by atoms with Gasteiger partial charge in [-0.3, -0.25) is 9.69 Å². The van der Waals surface area contributed by atoms with E-state index in [-0.39, 0.29) is 24.4 Å². The normalized spacial score (nSPS) is 19.2. The Morgan fingerprint density at radius 2 is 1.89 bits per heavy atom. The van der Waals surface area contributed by atoms with E-state index < -0.39 is 0 Å². The second-order valence-corrected chi connectivity index (χ2v) is 12.7. The number of piperidine rings is 1. The van der Waals surface area contributed by atoms with E-state index in [1.165, 1.54) is 6.07 Å². The van der Waals surface area contributed by atoms with Crippen molar-refractivity contribution in [3.8, 4) is 5.88 Å². The van der Waals surface area contributed by atoms with Crippen molar-refractivity contribution in [2.24, 2.45) is 5.92 Å². The molecular formula is C34H37ClFN5O3. The van der Waals surface area contributed by atoms with Crippen LogP contribution in [0.2, 0.25) is 5.02 Å². The summed E-state index contributed by atoms with van der Waals surface area (Å²) < 4.78 is 28.1. The first-order valence-corrected chi connectivity index (χ1v) is 16.0. The summed E-state index contributed by atoms with van der Waals surface area (Å²) in [6.45, 7) is 4.31. The van der Waals surface area contributed by atoms with Gasteiger partial charge in [0.25, 0.3) is 0 Å². The highest BCUT2D eigenvalue weighted by atomic mass is 35.5. The molecule has 1 saturated carbocycles. The van der Waals surface area contributed by atoms with Gasteiger partial charge in [0.05, 0.1) is 30.2 Å². The fourth-order valence-corrected chi connectivity index (χ4v) is 6.28. The van der Waals surface area contributed by atoms with Crippen LogP contribution in [-0.4, -0.2) is 51.1 Å². The maximum Gasteiger partial charge on any atom is 0.224 e. The van der Waals surface area contributed by atoms with Crippen LogP contribution in [-0.2, 0) is 29.2 Å². The summed E-state index contributed by atoms with van der Waals surface area (Å²) in [5.41, 5.74) is 4.23. The molecule has 2 aliphatic heterocycles. The third kappa shape index (κ3) is 6.90. The molecule has 44 heavy (non-hydrogen) atoms. The summed E-state index contributed by atoms with van der Waals surface area (Å²) in [6, 6.07) is 16.5. The minimum Gasteiger partial charge on any atom is -0.473 e. The first-order valence-electron chi connectivity index (χ1n) is 15.6. The van der Waals surface area contributed by atoms with Gasteiger partial charge >= 0.3 is 0 Å². The van der Waals surface area contributed by atoms with Crippen molar-refractivity contribution in [2.75, 3.05) is 25.0 Å². The average molecular weight is 618 g/mol. The zero-order valence-electron chi connectivity index (χ0n) is 24.7. The van der Waals surface area contributed by atoms with Crippen molar-refractivity contribution in [3.05, 3.63) is 82.5 Å². The van der Waals surface area contributed by atoms with Gasteiger partial charge in [-0.05, 0) is 87.5 Å². The van der Waals surface area contributed by atoms with Crippen LogP contribution in [0.5, 0.6) is 5.88 Å². The van der Waals surface area contributed by atoms with Gasteiger partial charge in [0.15, 0.2) is 0 Å². The number of hydrogen-bond acceptors (Lipinski definition) is 6. The zero-order valence-corrected chi connectivity index (χ0v) is 25.4. The molecule has 10 heteroatoms. The lowest BCUT2D eigenvalue weighted by molar-refractivity contribution is -0.116. The molecule has 1 aliphatic carbocycles. The predicted octanol–water partition coefficient (Wildman–Crippen LogP) is 6.71. The summed E-state index contributed by atoms with van der Waals surface area (Å²) in [4.78, 5) is 24.7. The van der Waals surface area contributed by atoms with Crippen LogP contribution in [0.25, 0.3) is 11.0 Å². The molecule has 0 spiro atoms. The molecular weight excluding hydrogens is 581 g/mol. The highest BCUT2D eigenvalue weighted by Gasteiger charge is 2.27. The number of amides is 1. The summed E-state index contributed by atoms with van der Waals surface area (Å²) in [5, 5.41) is 3.43. The maximum atomic E-state index is 14.2. The molecule has 230 valence electrons. The number of hydrogen-bond donors (Lipinski definition) is 1. The lowest BCUT2D eigenvalue weighted by atomic mass is 9.93. The highest BCUT2D eigenvalue weighted by molar-refractivity contribution is 6.30. The largest absolute Gasteiger partial charge is 0.473 e. The standard InChI is InChI=1S/C34H37ClFN5O3/c35-25-7-6-24(28(36)17-25)21-44-34-3-1-2-29(39-34)23-10-13-40(14-11-23)20-32-38-30-18-26(37-33(42)16-22-4-5-22)8-9-31(30)41(32)19-27-12-15-43-27/h1-3,6-9,17-18,22-23,27H,4-5,10-16,19-21H2,(H,37,42)/t27-/m0/s1. The van der Waals surface area contributed by atoms with E-state index in [2.05, 4.69) is 26.9 Å². The molecule has 4 heterocycles. The van der Waals surface area contributed by atoms with Crippen molar-refractivity contribution in [1.82, 2.24) is 19.4 Å². The van der Waals surface area contributed by atoms with Crippen molar-refractivity contribution < 1.29 is 18.7 Å². The Labute approximate surface area is 261 Å². The Morgan fingerprint density at radius 1 is 1.05 bits per heavy atom. The molecule has 1 amide bonds. The fourth-order valence-electron chi connectivity index (χ4n) is 6.13. The Hall–Kier alpha value is -3.53. The van der Waals surface area contributed by atoms with Gasteiger partial charge < -0.3 is 19.4 Å². The van der Waals surface area contributed by atoms with E-state index in [1.54, 1.807) is 12.1 Å². The van der Waals surface area contributed by atoms with Gasteiger partial charge in [0.1, 0.15) is 18.2 Å². The van der Waals surface area contributed by atoms with Gasteiger partial charge in [0.2, 0.25) is 11.8 Å². The number of nitrogens with one attached hydrogen (secondary N) is 1. The van der Waals surface area contributed by atoms with Crippen LogP contribution < -0.4 is 10.1 Å². The van der Waals surface area contributed by atoms with Crippen LogP contribution in [0.4, 0.5) is 10.1 Å². The molecule has 0 unspecified atom stereocenters. The number of aromatic nitrogens is 3. The molecule has 3 fully saturated rings. The quantitative estimate of drug-likeness (QED) is 0.201. The molecule has 2 aromatic heterocycles. The number of carbonyl (C=O) groups excluding carboxylic acids is 1. The summed E-state index contributed by atoms with van der Waals surface area (Å²) in [7, 11) is 0. The van der Waals surface area contributed by atoms with Gasteiger partial charge in [0, 0.05) is 47.0 Å². The topological polar surface area (TPSA) is 81.5 Å². The molecule has 4 aromatic rings. The monoisotopic (exact) mass is 617 g/mol. The number of nitrogens with zero attached hydrogens (tertiary/aromatic N) is 4. The second-order valence-electron chi connectivity index (χ2n) is 12.3. The van der Waals surface area contributed by atoms with Gasteiger partial charge in [-0.1, -0.05) is 23.7 Å².